The lowest BCUT2D eigenvalue weighted by molar-refractivity contribution is -0.143. The first-order valence-electron chi connectivity index (χ1n) is 4.23. The number of ketones is 1. The van der Waals surface area contributed by atoms with E-state index in [2.05, 4.69) is 0 Å². The Bertz CT molecular complexity index is 246. The fourth-order valence-corrected chi connectivity index (χ4v) is 1.66. The summed E-state index contributed by atoms with van der Waals surface area (Å²) in [6.07, 6.45) is 3.61. The van der Waals surface area contributed by atoms with Gasteiger partial charge >= 0.3 is 0 Å². The topological polar surface area (TPSA) is 35.5 Å². The summed E-state index contributed by atoms with van der Waals surface area (Å²) in [6.45, 7) is 3.82. The highest BCUT2D eigenvalue weighted by atomic mass is 16.8. The molecule has 0 radical (unpaired) electrons. The van der Waals surface area contributed by atoms with E-state index in [0.717, 1.165) is 6.42 Å². The molecule has 0 aromatic carbocycles. The Morgan fingerprint density at radius 2 is 2.33 bits per heavy atom. The molecule has 2 aliphatic rings. The molecule has 3 atom stereocenters. The van der Waals surface area contributed by atoms with E-state index in [9.17, 15) is 4.79 Å². The predicted molar refractivity (Wildman–Crippen MR) is 42.6 cm³/mol. The maximum absolute atomic E-state index is 11.3. The summed E-state index contributed by atoms with van der Waals surface area (Å²) in [5.74, 6) is -0.629. The number of carbonyl (C=O) groups is 1. The smallest absolute Gasteiger partial charge is 0.187 e. The van der Waals surface area contributed by atoms with Crippen molar-refractivity contribution in [2.45, 2.75) is 38.3 Å². The minimum absolute atomic E-state index is 0.0248. The molecule has 12 heavy (non-hydrogen) atoms. The molecular weight excluding hydrogens is 156 g/mol. The van der Waals surface area contributed by atoms with Gasteiger partial charge < -0.3 is 9.47 Å². The first-order chi connectivity index (χ1) is 5.64. The summed E-state index contributed by atoms with van der Waals surface area (Å²) in [7, 11) is 0. The highest BCUT2D eigenvalue weighted by Crippen LogP contribution is 2.34. The fraction of sp³-hybridized carbons (Fsp3) is 0.667. The van der Waals surface area contributed by atoms with Crippen molar-refractivity contribution in [2.75, 3.05) is 0 Å². The molecular formula is C9H12O3. The van der Waals surface area contributed by atoms with Gasteiger partial charge in [0.05, 0.1) is 6.10 Å². The Morgan fingerprint density at radius 3 is 3.00 bits per heavy atom. The van der Waals surface area contributed by atoms with Gasteiger partial charge in [0.1, 0.15) is 6.10 Å². The molecule has 0 N–H and O–H groups in total. The van der Waals surface area contributed by atoms with Gasteiger partial charge in [0.2, 0.25) is 0 Å². The lowest BCUT2D eigenvalue weighted by Gasteiger charge is -2.20. The molecule has 3 heteroatoms. The van der Waals surface area contributed by atoms with Crippen LogP contribution in [0.25, 0.3) is 0 Å². The number of ether oxygens (including phenoxy) is 2. The zero-order valence-corrected chi connectivity index (χ0v) is 7.24. The van der Waals surface area contributed by atoms with Gasteiger partial charge in [-0.05, 0) is 25.5 Å². The second kappa shape index (κ2) is 2.41. The highest BCUT2D eigenvalue weighted by molar-refractivity contribution is 5.95. The van der Waals surface area contributed by atoms with Crippen molar-refractivity contribution in [3.63, 3.8) is 0 Å². The van der Waals surface area contributed by atoms with Gasteiger partial charge in [-0.15, -0.1) is 0 Å². The third kappa shape index (κ3) is 1.01. The van der Waals surface area contributed by atoms with Crippen LogP contribution in [0.2, 0.25) is 0 Å². The number of rotatable bonds is 1. The van der Waals surface area contributed by atoms with Crippen LogP contribution in [-0.4, -0.2) is 23.8 Å². The van der Waals surface area contributed by atoms with Crippen molar-refractivity contribution in [3.05, 3.63) is 12.2 Å². The van der Waals surface area contributed by atoms with Crippen LogP contribution in [0.4, 0.5) is 0 Å². The highest BCUT2D eigenvalue weighted by Gasteiger charge is 2.47. The van der Waals surface area contributed by atoms with E-state index in [1.165, 1.54) is 0 Å². The van der Waals surface area contributed by atoms with Crippen molar-refractivity contribution < 1.29 is 14.3 Å². The van der Waals surface area contributed by atoms with Gasteiger partial charge in [-0.25, -0.2) is 0 Å². The maximum atomic E-state index is 11.3. The number of carbonyl (C=O) groups excluding carboxylic acids is 1. The molecule has 0 saturated carbocycles. The van der Waals surface area contributed by atoms with Crippen LogP contribution < -0.4 is 0 Å². The van der Waals surface area contributed by atoms with Crippen LogP contribution in [0, 0.1) is 0 Å². The van der Waals surface area contributed by atoms with Gasteiger partial charge in [0.25, 0.3) is 0 Å². The molecule has 0 unspecified atom stereocenters. The fourth-order valence-electron chi connectivity index (χ4n) is 1.66. The quantitative estimate of drug-likeness (QED) is 0.586. The van der Waals surface area contributed by atoms with Gasteiger partial charge in [-0.2, -0.15) is 0 Å². The van der Waals surface area contributed by atoms with E-state index in [4.69, 9.17) is 9.47 Å². The molecule has 66 valence electrons. The minimum atomic E-state index is -0.654. The summed E-state index contributed by atoms with van der Waals surface area (Å²) in [5.41, 5.74) is 0. The van der Waals surface area contributed by atoms with E-state index >= 15 is 0 Å². The Hall–Kier alpha value is -0.670. The summed E-state index contributed by atoms with van der Waals surface area (Å²) in [4.78, 5) is 11.3. The Balaban J connectivity index is 2.29. The Kier molecular flexibility index (Phi) is 1.59. The molecule has 0 aliphatic carbocycles. The van der Waals surface area contributed by atoms with Crippen LogP contribution in [0.15, 0.2) is 12.2 Å². The van der Waals surface area contributed by atoms with E-state index in [1.807, 2.05) is 13.8 Å². The van der Waals surface area contributed by atoms with Crippen LogP contribution in [0.1, 0.15) is 20.3 Å². The second-order valence-corrected chi connectivity index (χ2v) is 3.35. The molecule has 1 fully saturated rings. The summed E-state index contributed by atoms with van der Waals surface area (Å²) < 4.78 is 11.0. The number of hydrogen-bond donors (Lipinski definition) is 0. The third-order valence-corrected chi connectivity index (χ3v) is 2.32. The van der Waals surface area contributed by atoms with Crippen molar-refractivity contribution in [2.24, 2.45) is 0 Å². The summed E-state index contributed by atoms with van der Waals surface area (Å²) >= 11 is 0. The van der Waals surface area contributed by atoms with Gasteiger partial charge in [-0.1, -0.05) is 6.92 Å². The van der Waals surface area contributed by atoms with Crippen molar-refractivity contribution in [3.8, 4) is 0 Å². The van der Waals surface area contributed by atoms with E-state index in [1.54, 1.807) is 12.2 Å². The molecule has 0 aromatic heterocycles. The van der Waals surface area contributed by atoms with E-state index < -0.39 is 5.79 Å². The SMILES string of the molecule is CC[C@@H]1O[C@]2(C)C=CC(=O)[C@H]1O2. The van der Waals surface area contributed by atoms with Crippen molar-refractivity contribution in [1.82, 2.24) is 0 Å². The monoisotopic (exact) mass is 168 g/mol. The summed E-state index contributed by atoms with van der Waals surface area (Å²) in [6, 6.07) is 0. The molecule has 0 spiro atoms. The molecule has 2 aliphatic heterocycles. The predicted octanol–water partition coefficient (Wildman–Crippen LogP) is 1.04. The minimum Gasteiger partial charge on any atom is -0.340 e. The number of hydrogen-bond acceptors (Lipinski definition) is 3. The van der Waals surface area contributed by atoms with Crippen LogP contribution in [-0.2, 0) is 14.3 Å². The zero-order chi connectivity index (χ0) is 8.77. The third-order valence-electron chi connectivity index (χ3n) is 2.32. The van der Waals surface area contributed by atoms with Gasteiger partial charge in [0.15, 0.2) is 11.6 Å². The van der Waals surface area contributed by atoms with Crippen molar-refractivity contribution in [1.29, 1.82) is 0 Å². The lowest BCUT2D eigenvalue weighted by atomic mass is 10.1. The first kappa shape index (κ1) is 7.95. The maximum Gasteiger partial charge on any atom is 0.187 e. The molecule has 2 bridgehead atoms. The second-order valence-electron chi connectivity index (χ2n) is 3.35. The largest absolute Gasteiger partial charge is 0.340 e. The van der Waals surface area contributed by atoms with Crippen LogP contribution in [0.3, 0.4) is 0 Å². The molecule has 2 rings (SSSR count). The van der Waals surface area contributed by atoms with Crippen LogP contribution in [0.5, 0.6) is 0 Å². The Labute approximate surface area is 71.3 Å². The lowest BCUT2D eigenvalue weighted by Crippen LogP contribution is -2.33. The standard InChI is InChI=1S/C9H12O3/c1-3-7-8-6(10)4-5-9(2,11-7)12-8/h4-5,7-8H,3H2,1-2H3/t7-,8+,9-/m0/s1. The average Bonchev–Trinajstić information content (AvgIpc) is 2.34. The van der Waals surface area contributed by atoms with Gasteiger partial charge in [0, 0.05) is 0 Å². The molecule has 1 saturated heterocycles. The zero-order valence-electron chi connectivity index (χ0n) is 7.24. The molecule has 2 heterocycles. The molecule has 3 nitrogen and oxygen atoms in total. The number of fused-ring (bicyclic) bond motifs is 2. The molecule has 0 amide bonds. The first-order valence-corrected chi connectivity index (χ1v) is 4.23. The van der Waals surface area contributed by atoms with E-state index in [-0.39, 0.29) is 18.0 Å². The average molecular weight is 168 g/mol. The Morgan fingerprint density at radius 1 is 1.58 bits per heavy atom. The molecule has 0 aromatic rings. The normalized spacial score (nSPS) is 45.3. The van der Waals surface area contributed by atoms with E-state index in [0.29, 0.717) is 0 Å². The summed E-state index contributed by atoms with van der Waals surface area (Å²) in [5, 5.41) is 0. The van der Waals surface area contributed by atoms with Crippen molar-refractivity contribution >= 4 is 5.78 Å². The van der Waals surface area contributed by atoms with Crippen LogP contribution >= 0.6 is 0 Å². The van der Waals surface area contributed by atoms with Gasteiger partial charge in [-0.3, -0.25) is 4.79 Å².